The number of hydrogen-bond donors (Lipinski definition) is 2. The Morgan fingerprint density at radius 2 is 1.78 bits per heavy atom. The van der Waals surface area contributed by atoms with E-state index in [1.165, 1.54) is 18.4 Å². The van der Waals surface area contributed by atoms with Gasteiger partial charge in [0.1, 0.15) is 0 Å². The van der Waals surface area contributed by atoms with Crippen LogP contribution in [0.5, 0.6) is 0 Å². The van der Waals surface area contributed by atoms with Crippen molar-refractivity contribution in [2.24, 2.45) is 5.92 Å². The molecule has 0 saturated heterocycles. The second kappa shape index (κ2) is 8.41. The van der Waals surface area contributed by atoms with Crippen LogP contribution < -0.4 is 5.32 Å². The lowest BCUT2D eigenvalue weighted by atomic mass is 10.0. The summed E-state index contributed by atoms with van der Waals surface area (Å²) < 4.78 is 27.5. The molecule has 0 aliphatic heterocycles. The third-order valence-corrected chi connectivity index (χ3v) is 6.42. The van der Waals surface area contributed by atoms with Gasteiger partial charge in [-0.05, 0) is 34.1 Å². The van der Waals surface area contributed by atoms with Crippen LogP contribution in [0.15, 0.2) is 0 Å². The molecule has 3 atom stereocenters. The maximum Gasteiger partial charge on any atom is 0.282 e. The van der Waals surface area contributed by atoms with Gasteiger partial charge in [-0.25, -0.2) is 0 Å². The van der Waals surface area contributed by atoms with Crippen LogP contribution in [-0.4, -0.2) is 66.4 Å². The first kappa shape index (κ1) is 22.3. The molecule has 1 amide bonds. The molecular formula is C15H32N3O4S. The summed E-state index contributed by atoms with van der Waals surface area (Å²) in [6, 6.07) is -0.575. The van der Waals surface area contributed by atoms with Gasteiger partial charge >= 0.3 is 0 Å². The summed E-state index contributed by atoms with van der Waals surface area (Å²) >= 11 is 0. The van der Waals surface area contributed by atoms with Gasteiger partial charge < -0.3 is 10.4 Å². The molecule has 0 aliphatic rings. The first-order valence-electron chi connectivity index (χ1n) is 7.79. The SMILES string of the molecule is [CH2]C(C)C(=O)N[C@@H](C)C(O)CN(C)S(=O)(=O)N(C)C(C)(C)CC. The Kier molecular flexibility index (Phi) is 8.16. The molecule has 2 N–H and O–H groups in total. The Labute approximate surface area is 141 Å². The van der Waals surface area contributed by atoms with Crippen molar-refractivity contribution in [3.05, 3.63) is 6.92 Å². The largest absolute Gasteiger partial charge is 0.390 e. The summed E-state index contributed by atoms with van der Waals surface area (Å²) in [5.74, 6) is -0.728. The van der Waals surface area contributed by atoms with E-state index in [2.05, 4.69) is 12.2 Å². The van der Waals surface area contributed by atoms with Crippen LogP contribution >= 0.6 is 0 Å². The molecule has 7 nitrogen and oxygen atoms in total. The van der Waals surface area contributed by atoms with Gasteiger partial charge in [-0.2, -0.15) is 17.0 Å². The standard InChI is InChI=1S/C15H32N3O4S/c1-9-15(5,6)18(8)23(21,22)17(7)10-13(19)12(4)16-14(20)11(2)3/h11-13,19H,2,9-10H2,1,3-8H3,(H,16,20)/t11?,12-,13?/m0/s1. The fraction of sp³-hybridized carbons (Fsp3) is 0.867. The second-order valence-corrected chi connectivity index (χ2v) is 8.75. The van der Waals surface area contributed by atoms with E-state index in [1.54, 1.807) is 13.8 Å². The molecule has 1 radical (unpaired) electrons. The molecule has 0 heterocycles. The van der Waals surface area contributed by atoms with E-state index in [4.69, 9.17) is 0 Å². The topological polar surface area (TPSA) is 90.0 Å². The van der Waals surface area contributed by atoms with Crippen molar-refractivity contribution in [3.8, 4) is 0 Å². The van der Waals surface area contributed by atoms with Crippen LogP contribution in [0.3, 0.4) is 0 Å². The molecule has 8 heteroatoms. The number of amides is 1. The minimum atomic E-state index is -3.70. The maximum atomic E-state index is 12.6. The van der Waals surface area contributed by atoms with Gasteiger partial charge in [0.2, 0.25) is 5.91 Å². The van der Waals surface area contributed by atoms with E-state index in [0.29, 0.717) is 6.42 Å². The van der Waals surface area contributed by atoms with Gasteiger partial charge in [0.05, 0.1) is 12.1 Å². The zero-order chi connectivity index (χ0) is 18.6. The number of nitrogens with zero attached hydrogens (tertiary/aromatic N) is 2. The molecule has 137 valence electrons. The second-order valence-electron chi connectivity index (χ2n) is 6.69. The molecule has 0 aromatic rings. The predicted octanol–water partition coefficient (Wildman–Crippen LogP) is 0.619. The number of carbonyl (C=O) groups is 1. The van der Waals surface area contributed by atoms with Crippen LogP contribution in [0.1, 0.15) is 41.0 Å². The molecule has 0 spiro atoms. The summed E-state index contributed by atoms with van der Waals surface area (Å²) in [4.78, 5) is 11.6. The van der Waals surface area contributed by atoms with E-state index in [1.807, 2.05) is 20.8 Å². The van der Waals surface area contributed by atoms with Crippen LogP contribution in [0, 0.1) is 12.8 Å². The third kappa shape index (κ3) is 6.02. The molecule has 23 heavy (non-hydrogen) atoms. The zero-order valence-electron chi connectivity index (χ0n) is 15.3. The first-order chi connectivity index (χ1) is 10.3. The lowest BCUT2D eigenvalue weighted by Gasteiger charge is -2.37. The third-order valence-electron chi connectivity index (χ3n) is 4.30. The van der Waals surface area contributed by atoms with Crippen molar-refractivity contribution in [3.63, 3.8) is 0 Å². The Bertz CT molecular complexity index is 491. The van der Waals surface area contributed by atoms with Gasteiger partial charge in [-0.15, -0.1) is 0 Å². The van der Waals surface area contributed by atoms with Crippen molar-refractivity contribution in [1.29, 1.82) is 0 Å². The molecule has 0 rings (SSSR count). The van der Waals surface area contributed by atoms with Gasteiger partial charge in [0.25, 0.3) is 10.2 Å². The minimum absolute atomic E-state index is 0.112. The number of carbonyl (C=O) groups excluding carboxylic acids is 1. The number of rotatable bonds is 9. The molecule has 0 aromatic heterocycles. The van der Waals surface area contributed by atoms with E-state index in [9.17, 15) is 18.3 Å². The lowest BCUT2D eigenvalue weighted by Crippen LogP contribution is -2.53. The van der Waals surface area contributed by atoms with Crippen molar-refractivity contribution in [2.75, 3.05) is 20.6 Å². The number of likely N-dealkylation sites (N-methyl/N-ethyl adjacent to an activating group) is 1. The van der Waals surface area contributed by atoms with E-state index in [0.717, 1.165) is 4.31 Å². The number of hydrogen-bond acceptors (Lipinski definition) is 4. The van der Waals surface area contributed by atoms with Crippen LogP contribution in [-0.2, 0) is 15.0 Å². The van der Waals surface area contributed by atoms with Crippen molar-refractivity contribution >= 4 is 16.1 Å². The summed E-state index contributed by atoms with van der Waals surface area (Å²) in [6.07, 6.45) is -0.358. The smallest absolute Gasteiger partial charge is 0.282 e. The molecular weight excluding hydrogens is 318 g/mol. The summed E-state index contributed by atoms with van der Waals surface area (Å²) in [5.41, 5.74) is -0.527. The summed E-state index contributed by atoms with van der Waals surface area (Å²) in [6.45, 7) is 12.4. The highest BCUT2D eigenvalue weighted by Gasteiger charge is 2.35. The van der Waals surface area contributed by atoms with Crippen molar-refractivity contribution in [2.45, 2.75) is 58.7 Å². The monoisotopic (exact) mass is 350 g/mol. The Balaban J connectivity index is 4.92. The van der Waals surface area contributed by atoms with E-state index >= 15 is 0 Å². The van der Waals surface area contributed by atoms with Crippen molar-refractivity contribution < 1.29 is 18.3 Å². The summed E-state index contributed by atoms with van der Waals surface area (Å²) in [5, 5.41) is 12.8. The molecule has 0 bridgehead atoms. The normalized spacial score (nSPS) is 16.0. The lowest BCUT2D eigenvalue weighted by molar-refractivity contribution is -0.124. The number of aliphatic hydroxyl groups is 1. The summed E-state index contributed by atoms with van der Waals surface area (Å²) in [7, 11) is -0.759. The Hall–Kier alpha value is -0.700. The minimum Gasteiger partial charge on any atom is -0.390 e. The number of aliphatic hydroxyl groups excluding tert-OH is 1. The van der Waals surface area contributed by atoms with Crippen LogP contribution in [0.4, 0.5) is 0 Å². The Morgan fingerprint density at radius 1 is 1.30 bits per heavy atom. The molecule has 0 fully saturated rings. The van der Waals surface area contributed by atoms with Crippen LogP contribution in [0.2, 0.25) is 0 Å². The predicted molar refractivity (Wildman–Crippen MR) is 91.8 cm³/mol. The van der Waals surface area contributed by atoms with E-state index in [-0.39, 0.29) is 12.5 Å². The first-order valence-corrected chi connectivity index (χ1v) is 9.18. The quantitative estimate of drug-likeness (QED) is 0.638. The highest BCUT2D eigenvalue weighted by atomic mass is 32.2. The fourth-order valence-corrected chi connectivity index (χ4v) is 3.24. The van der Waals surface area contributed by atoms with Gasteiger partial charge in [-0.3, -0.25) is 4.79 Å². The molecule has 0 aromatic carbocycles. The number of nitrogens with one attached hydrogen (secondary N) is 1. The Morgan fingerprint density at radius 3 is 2.17 bits per heavy atom. The highest BCUT2D eigenvalue weighted by molar-refractivity contribution is 7.86. The fourth-order valence-electron chi connectivity index (χ4n) is 1.72. The zero-order valence-corrected chi connectivity index (χ0v) is 16.1. The molecule has 2 unspecified atom stereocenters. The molecule has 0 saturated carbocycles. The molecule has 0 aliphatic carbocycles. The average Bonchev–Trinajstić information content (AvgIpc) is 2.45. The van der Waals surface area contributed by atoms with Gasteiger partial charge in [-0.1, -0.05) is 13.8 Å². The highest BCUT2D eigenvalue weighted by Crippen LogP contribution is 2.22. The average molecular weight is 351 g/mol. The van der Waals surface area contributed by atoms with Crippen molar-refractivity contribution in [1.82, 2.24) is 13.9 Å². The van der Waals surface area contributed by atoms with Gasteiger partial charge in [0.15, 0.2) is 0 Å². The van der Waals surface area contributed by atoms with Gasteiger partial charge in [0, 0.05) is 32.1 Å². The van der Waals surface area contributed by atoms with Crippen LogP contribution in [0.25, 0.3) is 0 Å². The van der Waals surface area contributed by atoms with E-state index < -0.39 is 33.8 Å². The maximum absolute atomic E-state index is 12.6.